The number of ketones is 1. The second-order valence-corrected chi connectivity index (χ2v) is 6.62. The van der Waals surface area contributed by atoms with Gasteiger partial charge in [0.25, 0.3) is 5.72 Å². The van der Waals surface area contributed by atoms with Gasteiger partial charge < -0.3 is 10.0 Å². The number of pyridine rings is 1. The lowest BCUT2D eigenvalue weighted by Crippen LogP contribution is -2.73. The summed E-state index contributed by atoms with van der Waals surface area (Å²) in [5.74, 6) is -2.95. The summed E-state index contributed by atoms with van der Waals surface area (Å²) in [4.78, 5) is 30.8. The molecular weight excluding hydrogens is 375 g/mol. The number of alkyl halides is 3. The van der Waals surface area contributed by atoms with Crippen molar-refractivity contribution in [3.8, 4) is 0 Å². The number of amides is 2. The number of Topliss-reactive ketones (excluding diaryl/α,β-unsaturated/α-hetero) is 1. The summed E-state index contributed by atoms with van der Waals surface area (Å²) in [6.45, 7) is 0. The zero-order chi connectivity index (χ0) is 20.7. The first-order chi connectivity index (χ1) is 13.1. The number of hydrogen-bond donors (Lipinski definition) is 1. The number of carbonyl (C=O) groups is 2. The van der Waals surface area contributed by atoms with E-state index in [-0.39, 0.29) is 16.0 Å². The van der Waals surface area contributed by atoms with Gasteiger partial charge in [-0.25, -0.2) is 4.79 Å². The van der Waals surface area contributed by atoms with Crippen molar-refractivity contribution in [2.75, 3.05) is 14.1 Å². The molecule has 2 aromatic rings. The molecule has 1 fully saturated rings. The van der Waals surface area contributed by atoms with Crippen LogP contribution in [0.4, 0.5) is 18.0 Å². The Labute approximate surface area is 159 Å². The molecule has 0 spiro atoms. The highest BCUT2D eigenvalue weighted by atomic mass is 19.4. The van der Waals surface area contributed by atoms with Crippen LogP contribution in [-0.4, -0.2) is 57.7 Å². The van der Waals surface area contributed by atoms with E-state index in [0.29, 0.717) is 0 Å². The third kappa shape index (κ3) is 2.91. The summed E-state index contributed by atoms with van der Waals surface area (Å²) in [6.07, 6.45) is -2.57. The van der Waals surface area contributed by atoms with Crippen LogP contribution in [0.2, 0.25) is 0 Å². The molecule has 0 bridgehead atoms. The molecule has 3 atom stereocenters. The first kappa shape index (κ1) is 19.8. The fraction of sp³-hybridized carbons (Fsp3) is 0.316. The van der Waals surface area contributed by atoms with Crippen LogP contribution in [0, 0.1) is 5.92 Å². The Hall–Kier alpha value is -2.94. The van der Waals surface area contributed by atoms with Crippen LogP contribution in [0.1, 0.15) is 22.0 Å². The zero-order valence-corrected chi connectivity index (χ0v) is 15.1. The topological polar surface area (TPSA) is 73.7 Å². The lowest BCUT2D eigenvalue weighted by molar-refractivity contribution is -0.328. The second-order valence-electron chi connectivity index (χ2n) is 6.62. The Balaban J connectivity index is 2.26. The minimum absolute atomic E-state index is 0.000198. The van der Waals surface area contributed by atoms with E-state index >= 15 is 0 Å². The van der Waals surface area contributed by atoms with Crippen LogP contribution >= 0.6 is 0 Å². The van der Waals surface area contributed by atoms with Gasteiger partial charge in [0.05, 0.1) is 6.04 Å². The highest BCUT2D eigenvalue weighted by Gasteiger charge is 2.70. The van der Waals surface area contributed by atoms with Gasteiger partial charge in [0.15, 0.2) is 5.78 Å². The van der Waals surface area contributed by atoms with Crippen molar-refractivity contribution < 1.29 is 27.9 Å². The Kier molecular flexibility index (Phi) is 4.88. The van der Waals surface area contributed by atoms with Crippen LogP contribution in [0.5, 0.6) is 0 Å². The van der Waals surface area contributed by atoms with E-state index in [4.69, 9.17) is 0 Å². The number of nitrogens with zero attached hydrogens (tertiary/aromatic N) is 3. The number of hydrogen-bond acceptors (Lipinski definition) is 4. The summed E-state index contributed by atoms with van der Waals surface area (Å²) in [7, 11) is 2.12. The molecule has 28 heavy (non-hydrogen) atoms. The maximum Gasteiger partial charge on any atom is 0.437 e. The molecule has 2 heterocycles. The maximum atomic E-state index is 14.1. The van der Waals surface area contributed by atoms with Gasteiger partial charge in [0.1, 0.15) is 5.92 Å². The quantitative estimate of drug-likeness (QED) is 0.814. The monoisotopic (exact) mass is 393 g/mol. The molecule has 148 valence electrons. The van der Waals surface area contributed by atoms with Crippen molar-refractivity contribution in [2.24, 2.45) is 5.92 Å². The number of halogens is 3. The average molecular weight is 393 g/mol. The summed E-state index contributed by atoms with van der Waals surface area (Å²) in [5, 5.41) is 10.8. The van der Waals surface area contributed by atoms with Crippen LogP contribution in [0.3, 0.4) is 0 Å². The molecule has 1 aliphatic heterocycles. The first-order valence-electron chi connectivity index (χ1n) is 8.39. The lowest BCUT2D eigenvalue weighted by Gasteiger charge is -2.53. The van der Waals surface area contributed by atoms with Gasteiger partial charge in [-0.2, -0.15) is 13.2 Å². The smallest absolute Gasteiger partial charge is 0.363 e. The van der Waals surface area contributed by atoms with Crippen molar-refractivity contribution in [2.45, 2.75) is 17.9 Å². The minimum atomic E-state index is -5.27. The van der Waals surface area contributed by atoms with Gasteiger partial charge in [0, 0.05) is 32.1 Å². The predicted molar refractivity (Wildman–Crippen MR) is 93.2 cm³/mol. The summed E-state index contributed by atoms with van der Waals surface area (Å²) >= 11 is 0. The SMILES string of the molecule is CN1C(=O)N(C)C(O)(C(F)(F)F)C(C(=O)c2ccccc2)C1c1cccnc1. The number of rotatable bonds is 3. The first-order valence-corrected chi connectivity index (χ1v) is 8.39. The predicted octanol–water partition coefficient (Wildman–Crippen LogP) is 2.87. The van der Waals surface area contributed by atoms with E-state index in [1.165, 1.54) is 55.8 Å². The molecule has 1 aromatic heterocycles. The molecule has 1 N–H and O–H groups in total. The van der Waals surface area contributed by atoms with E-state index in [1.54, 1.807) is 6.07 Å². The number of aliphatic hydroxyl groups is 1. The molecule has 1 aliphatic rings. The van der Waals surface area contributed by atoms with Gasteiger partial charge in [0.2, 0.25) is 0 Å². The molecule has 9 heteroatoms. The standard InChI is InChI=1S/C19H18F3N3O3/c1-24-15(13-9-6-10-23-11-13)14(16(26)12-7-4-3-5-8-12)18(28,19(20,21)22)25(2)17(24)27/h3-11,14-15,28H,1-2H3. The zero-order valence-electron chi connectivity index (χ0n) is 15.1. The third-order valence-corrected chi connectivity index (χ3v) is 5.05. The van der Waals surface area contributed by atoms with Gasteiger partial charge in [-0.05, 0) is 11.6 Å². The van der Waals surface area contributed by atoms with Crippen LogP contribution in [-0.2, 0) is 0 Å². The van der Waals surface area contributed by atoms with E-state index < -0.39 is 35.7 Å². The van der Waals surface area contributed by atoms with E-state index in [0.717, 1.165) is 11.9 Å². The third-order valence-electron chi connectivity index (χ3n) is 5.05. The molecule has 0 radical (unpaired) electrons. The highest BCUT2D eigenvalue weighted by molar-refractivity contribution is 6.00. The second kappa shape index (κ2) is 6.90. The normalized spacial score (nSPS) is 25.7. The number of aromatic nitrogens is 1. The molecule has 3 unspecified atom stereocenters. The average Bonchev–Trinajstić information content (AvgIpc) is 2.69. The van der Waals surface area contributed by atoms with Crippen molar-refractivity contribution in [3.05, 3.63) is 66.0 Å². The van der Waals surface area contributed by atoms with Crippen LogP contribution in [0.15, 0.2) is 54.9 Å². The van der Waals surface area contributed by atoms with Crippen LogP contribution in [0.25, 0.3) is 0 Å². The summed E-state index contributed by atoms with van der Waals surface area (Å²) < 4.78 is 42.2. The van der Waals surface area contributed by atoms with Crippen molar-refractivity contribution in [1.82, 2.24) is 14.8 Å². The fourth-order valence-corrected chi connectivity index (χ4v) is 3.60. The Bertz CT molecular complexity index is 876. The van der Waals surface area contributed by atoms with Gasteiger partial charge in [-0.15, -0.1) is 0 Å². The number of benzene rings is 1. The van der Waals surface area contributed by atoms with Gasteiger partial charge in [-0.3, -0.25) is 14.7 Å². The Morgan fingerprint density at radius 1 is 1.14 bits per heavy atom. The maximum absolute atomic E-state index is 14.1. The number of urea groups is 1. The molecule has 3 rings (SSSR count). The molecule has 0 aliphatic carbocycles. The minimum Gasteiger partial charge on any atom is -0.363 e. The molecule has 1 aromatic carbocycles. The molecular formula is C19H18F3N3O3. The van der Waals surface area contributed by atoms with E-state index in [2.05, 4.69) is 4.98 Å². The fourth-order valence-electron chi connectivity index (χ4n) is 3.60. The van der Waals surface area contributed by atoms with E-state index in [9.17, 15) is 27.9 Å². The van der Waals surface area contributed by atoms with Gasteiger partial charge in [-0.1, -0.05) is 36.4 Å². The van der Waals surface area contributed by atoms with Gasteiger partial charge >= 0.3 is 12.2 Å². The molecule has 0 saturated carbocycles. The highest BCUT2D eigenvalue weighted by Crippen LogP contribution is 2.50. The number of carbonyl (C=O) groups excluding carboxylic acids is 2. The lowest BCUT2D eigenvalue weighted by atomic mass is 9.76. The largest absolute Gasteiger partial charge is 0.437 e. The van der Waals surface area contributed by atoms with Crippen molar-refractivity contribution in [1.29, 1.82) is 0 Å². The van der Waals surface area contributed by atoms with Crippen molar-refractivity contribution >= 4 is 11.8 Å². The van der Waals surface area contributed by atoms with Crippen LogP contribution < -0.4 is 0 Å². The van der Waals surface area contributed by atoms with E-state index in [1.807, 2.05) is 0 Å². The molecule has 2 amide bonds. The van der Waals surface area contributed by atoms with Crippen molar-refractivity contribution in [3.63, 3.8) is 0 Å². The Morgan fingerprint density at radius 2 is 1.79 bits per heavy atom. The Morgan fingerprint density at radius 3 is 2.32 bits per heavy atom. The molecule has 1 saturated heterocycles. The summed E-state index contributed by atoms with van der Waals surface area (Å²) in [5.41, 5.74) is -3.48. The summed E-state index contributed by atoms with van der Waals surface area (Å²) in [6, 6.07) is 7.92. The molecule has 6 nitrogen and oxygen atoms in total.